The summed E-state index contributed by atoms with van der Waals surface area (Å²) < 4.78 is 31.7. The van der Waals surface area contributed by atoms with Crippen molar-refractivity contribution in [2.75, 3.05) is 43.1 Å². The molecule has 0 amide bonds. The minimum atomic E-state index is -0.942. The summed E-state index contributed by atoms with van der Waals surface area (Å²) in [6.07, 6.45) is 4.56. The van der Waals surface area contributed by atoms with Gasteiger partial charge in [-0.05, 0) is 103 Å². The summed E-state index contributed by atoms with van der Waals surface area (Å²) >= 11 is 0. The maximum atomic E-state index is 13.7. The molecule has 1 saturated heterocycles. The summed E-state index contributed by atoms with van der Waals surface area (Å²) in [4.78, 5) is 27.6. The Hall–Kier alpha value is -3.72. The van der Waals surface area contributed by atoms with Crippen LogP contribution in [0.5, 0.6) is 5.75 Å². The minimum absolute atomic E-state index is 0.240. The van der Waals surface area contributed by atoms with Crippen LogP contribution in [0.3, 0.4) is 0 Å². The molecule has 2 aromatic heterocycles. The second kappa shape index (κ2) is 14.4. The van der Waals surface area contributed by atoms with Gasteiger partial charge in [0.2, 0.25) is 0 Å². The molecule has 0 aliphatic carbocycles. The first-order valence-electron chi connectivity index (χ1n) is 16.2. The van der Waals surface area contributed by atoms with E-state index in [1.165, 1.54) is 6.07 Å². The number of carbonyl (C=O) groups excluding carboxylic acids is 1. The van der Waals surface area contributed by atoms with Gasteiger partial charge < -0.3 is 24.0 Å². The van der Waals surface area contributed by atoms with Crippen LogP contribution in [0.1, 0.15) is 84.2 Å². The molecule has 0 bridgehead atoms. The first kappa shape index (κ1) is 35.1. The molecule has 0 N–H and O–H groups in total. The Balaban J connectivity index is 1.68. The molecule has 1 atom stereocenters. The predicted molar refractivity (Wildman–Crippen MR) is 182 cm³/mol. The molecule has 1 aromatic carbocycles. The fraction of sp³-hybridized carbons (Fsp3) is 0.541. The molecule has 1 aliphatic heterocycles. The van der Waals surface area contributed by atoms with Gasteiger partial charge in [-0.2, -0.15) is 0 Å². The molecular formula is C37H51FN4O4. The van der Waals surface area contributed by atoms with Crippen LogP contribution in [0.4, 0.5) is 15.9 Å². The predicted octanol–water partition coefficient (Wildman–Crippen LogP) is 7.85. The number of hydrogen-bond acceptors (Lipinski definition) is 8. The standard InChI is InChI=1S/C37H51FN4O4/c1-24(2)45-35(43)34(46-36(5,6)7)32-26(4)39-23-29(33(32)42-17-15-37(8,9)16-18-42)27-11-14-31(40-22-27)41(10)19-20-44-28-12-13-30(38)25(3)21-28/h11-14,21-24,34H,15-20H2,1-10H3/t34-/m0/s1. The molecule has 4 rings (SSSR count). The maximum absolute atomic E-state index is 13.7. The summed E-state index contributed by atoms with van der Waals surface area (Å²) in [6.45, 7) is 20.5. The number of pyridine rings is 2. The molecule has 9 heteroatoms. The van der Waals surface area contributed by atoms with E-state index in [1.54, 1.807) is 19.1 Å². The summed E-state index contributed by atoms with van der Waals surface area (Å²) in [7, 11) is 1.96. The van der Waals surface area contributed by atoms with E-state index in [-0.39, 0.29) is 17.3 Å². The van der Waals surface area contributed by atoms with E-state index >= 15 is 0 Å². The van der Waals surface area contributed by atoms with Crippen molar-refractivity contribution < 1.29 is 23.4 Å². The third-order valence-electron chi connectivity index (χ3n) is 8.29. The zero-order chi connectivity index (χ0) is 33.8. The van der Waals surface area contributed by atoms with Gasteiger partial charge in [-0.3, -0.25) is 4.98 Å². The monoisotopic (exact) mass is 634 g/mol. The van der Waals surface area contributed by atoms with Crippen LogP contribution in [-0.4, -0.2) is 60.9 Å². The van der Waals surface area contributed by atoms with Crippen molar-refractivity contribution in [3.8, 4) is 16.9 Å². The SMILES string of the molecule is Cc1cc(OCCN(C)c2ccc(-c3cnc(C)c([C@H](OC(C)(C)C)C(=O)OC(C)C)c3N3CCC(C)(C)CC3)cn2)ccc1F. The Morgan fingerprint density at radius 2 is 1.76 bits per heavy atom. The van der Waals surface area contributed by atoms with E-state index in [0.29, 0.717) is 24.5 Å². The number of carbonyl (C=O) groups is 1. The average Bonchev–Trinajstić information content (AvgIpc) is 2.97. The number of halogens is 1. The van der Waals surface area contributed by atoms with Crippen LogP contribution >= 0.6 is 0 Å². The van der Waals surface area contributed by atoms with Crippen molar-refractivity contribution in [3.63, 3.8) is 0 Å². The Bertz CT molecular complexity index is 1490. The van der Waals surface area contributed by atoms with Crippen molar-refractivity contribution in [3.05, 3.63) is 65.4 Å². The summed E-state index contributed by atoms with van der Waals surface area (Å²) in [6, 6.07) is 8.79. The Morgan fingerprint density at radius 3 is 2.35 bits per heavy atom. The molecule has 0 unspecified atom stereocenters. The van der Waals surface area contributed by atoms with Crippen molar-refractivity contribution >= 4 is 17.5 Å². The minimum Gasteiger partial charge on any atom is -0.492 e. The van der Waals surface area contributed by atoms with Gasteiger partial charge in [0.05, 0.1) is 23.9 Å². The summed E-state index contributed by atoms with van der Waals surface area (Å²) in [5, 5.41) is 0. The number of hydrogen-bond donors (Lipinski definition) is 0. The van der Waals surface area contributed by atoms with Crippen molar-refractivity contribution in [2.24, 2.45) is 5.41 Å². The smallest absolute Gasteiger partial charge is 0.340 e. The third kappa shape index (κ3) is 8.96. The van der Waals surface area contributed by atoms with E-state index in [2.05, 4.69) is 18.7 Å². The van der Waals surface area contributed by atoms with Crippen molar-refractivity contribution in [1.29, 1.82) is 0 Å². The molecular weight excluding hydrogens is 583 g/mol. The van der Waals surface area contributed by atoms with Crippen LogP contribution in [0.2, 0.25) is 0 Å². The quantitative estimate of drug-likeness (QED) is 0.198. The second-order valence-electron chi connectivity index (χ2n) is 14.4. The van der Waals surface area contributed by atoms with Crippen LogP contribution in [0.25, 0.3) is 11.1 Å². The molecule has 46 heavy (non-hydrogen) atoms. The lowest BCUT2D eigenvalue weighted by Gasteiger charge is -2.41. The van der Waals surface area contributed by atoms with Gasteiger partial charge in [0.25, 0.3) is 0 Å². The lowest BCUT2D eigenvalue weighted by molar-refractivity contribution is -0.171. The highest BCUT2D eigenvalue weighted by atomic mass is 19.1. The Kier molecular flexibility index (Phi) is 11.0. The Morgan fingerprint density at radius 1 is 1.07 bits per heavy atom. The van der Waals surface area contributed by atoms with E-state index in [4.69, 9.17) is 24.2 Å². The average molecular weight is 635 g/mol. The molecule has 0 saturated carbocycles. The van der Waals surface area contributed by atoms with Crippen LogP contribution in [0.15, 0.2) is 42.7 Å². The van der Waals surface area contributed by atoms with Gasteiger partial charge in [0.15, 0.2) is 6.10 Å². The summed E-state index contributed by atoms with van der Waals surface area (Å²) in [5.41, 5.74) is 4.42. The maximum Gasteiger partial charge on any atom is 0.340 e. The van der Waals surface area contributed by atoms with E-state index in [0.717, 1.165) is 59.8 Å². The molecule has 1 aliphatic rings. The van der Waals surface area contributed by atoms with E-state index in [9.17, 15) is 9.18 Å². The molecule has 250 valence electrons. The first-order valence-corrected chi connectivity index (χ1v) is 16.2. The number of piperidine rings is 1. The zero-order valence-corrected chi connectivity index (χ0v) is 29.2. The van der Waals surface area contributed by atoms with Gasteiger partial charge in [-0.25, -0.2) is 14.2 Å². The number of esters is 1. The van der Waals surface area contributed by atoms with Gasteiger partial charge in [-0.1, -0.05) is 13.8 Å². The zero-order valence-electron chi connectivity index (χ0n) is 29.2. The lowest BCUT2D eigenvalue weighted by atomic mass is 9.82. The van der Waals surface area contributed by atoms with Crippen molar-refractivity contribution in [1.82, 2.24) is 9.97 Å². The van der Waals surface area contributed by atoms with Crippen LogP contribution < -0.4 is 14.5 Å². The Labute approximate surface area is 274 Å². The third-order valence-corrected chi connectivity index (χ3v) is 8.29. The number of aromatic nitrogens is 2. The van der Waals surface area contributed by atoms with Crippen LogP contribution in [0, 0.1) is 25.1 Å². The van der Waals surface area contributed by atoms with E-state index in [1.807, 2.05) is 78.0 Å². The number of rotatable bonds is 11. The molecule has 3 heterocycles. The lowest BCUT2D eigenvalue weighted by Crippen LogP contribution is -2.39. The van der Waals surface area contributed by atoms with Gasteiger partial charge >= 0.3 is 5.97 Å². The highest BCUT2D eigenvalue weighted by molar-refractivity contribution is 5.87. The number of nitrogens with zero attached hydrogens (tertiary/aromatic N) is 4. The summed E-state index contributed by atoms with van der Waals surface area (Å²) in [5.74, 6) is 0.764. The van der Waals surface area contributed by atoms with Gasteiger partial charge in [-0.15, -0.1) is 0 Å². The number of ether oxygens (including phenoxy) is 3. The molecule has 3 aromatic rings. The number of aryl methyl sites for hydroxylation is 2. The van der Waals surface area contributed by atoms with Crippen molar-refractivity contribution in [2.45, 2.75) is 93.0 Å². The topological polar surface area (TPSA) is 77.0 Å². The molecule has 8 nitrogen and oxygen atoms in total. The number of benzene rings is 1. The fourth-order valence-corrected chi connectivity index (χ4v) is 5.58. The molecule has 0 spiro atoms. The highest BCUT2D eigenvalue weighted by Gasteiger charge is 2.37. The van der Waals surface area contributed by atoms with Gasteiger partial charge in [0.1, 0.15) is 24.0 Å². The molecule has 1 fully saturated rings. The molecule has 0 radical (unpaired) electrons. The number of anilines is 2. The highest BCUT2D eigenvalue weighted by Crippen LogP contribution is 2.43. The van der Waals surface area contributed by atoms with Crippen LogP contribution in [-0.2, 0) is 14.3 Å². The first-order chi connectivity index (χ1) is 21.5. The second-order valence-corrected chi connectivity index (χ2v) is 14.4. The largest absolute Gasteiger partial charge is 0.492 e. The normalized spacial score (nSPS) is 15.5. The number of likely N-dealkylation sites (N-methyl/N-ethyl adjacent to an activating group) is 1. The fourth-order valence-electron chi connectivity index (χ4n) is 5.58. The van der Waals surface area contributed by atoms with E-state index < -0.39 is 17.7 Å². The van der Waals surface area contributed by atoms with Gasteiger partial charge in [0, 0.05) is 54.9 Å².